The van der Waals surface area contributed by atoms with Gasteiger partial charge in [0.1, 0.15) is 0 Å². The van der Waals surface area contributed by atoms with E-state index in [1.54, 1.807) is 0 Å². The lowest BCUT2D eigenvalue weighted by Crippen LogP contribution is -2.46. The van der Waals surface area contributed by atoms with Crippen LogP contribution in [0.25, 0.3) is 0 Å². The number of carbonyl (C=O) groups is 3. The molecule has 0 fully saturated rings. The Morgan fingerprint density at radius 2 is 1.92 bits per heavy atom. The van der Waals surface area contributed by atoms with Crippen molar-refractivity contribution in [1.82, 2.24) is 10.2 Å². The third kappa shape index (κ3) is 6.98. The predicted octanol–water partition coefficient (Wildman–Crippen LogP) is 1.12. The Morgan fingerprint density at radius 3 is 2.48 bits per heavy atom. The van der Waals surface area contributed by atoms with Crippen LogP contribution in [0.3, 0.4) is 0 Å². The van der Waals surface area contributed by atoms with Crippen LogP contribution in [0.15, 0.2) is 24.3 Å². The number of ether oxygens (including phenoxy) is 1. The van der Waals surface area contributed by atoms with E-state index in [2.05, 4.69) is 5.32 Å². The lowest BCUT2D eigenvalue weighted by molar-refractivity contribution is -0.384. The maximum absolute atomic E-state index is 11.9. The third-order valence-corrected chi connectivity index (χ3v) is 2.94. The molecule has 0 radical (unpaired) electrons. The van der Waals surface area contributed by atoms with Crippen molar-refractivity contribution in [3.8, 4) is 0 Å². The average Bonchev–Trinajstić information content (AvgIpc) is 2.50. The van der Waals surface area contributed by atoms with Crippen molar-refractivity contribution in [3.05, 3.63) is 39.9 Å². The molecule has 1 N–H and O–H groups in total. The van der Waals surface area contributed by atoms with Crippen LogP contribution in [0, 0.1) is 10.1 Å². The molecule has 136 valence electrons. The van der Waals surface area contributed by atoms with Crippen LogP contribution in [0.4, 0.5) is 5.69 Å². The Bertz CT molecular complexity index is 681. The van der Waals surface area contributed by atoms with Gasteiger partial charge < -0.3 is 15.0 Å². The number of amides is 2. The zero-order valence-corrected chi connectivity index (χ0v) is 14.6. The van der Waals surface area contributed by atoms with E-state index in [9.17, 15) is 24.5 Å². The van der Waals surface area contributed by atoms with Crippen LogP contribution in [0.2, 0.25) is 0 Å². The van der Waals surface area contributed by atoms with Crippen molar-refractivity contribution in [1.29, 1.82) is 0 Å². The molecular weight excluding hydrogens is 330 g/mol. The quantitative estimate of drug-likeness (QED) is 0.466. The highest BCUT2D eigenvalue weighted by Gasteiger charge is 2.19. The molecule has 2 amide bonds. The summed E-state index contributed by atoms with van der Waals surface area (Å²) in [7, 11) is 1.41. The Hall–Kier alpha value is -2.97. The smallest absolute Gasteiger partial charge is 0.338 e. The van der Waals surface area contributed by atoms with Crippen LogP contribution >= 0.6 is 0 Å². The third-order valence-electron chi connectivity index (χ3n) is 2.94. The number of non-ortho nitro benzene ring substituents is 1. The Balaban J connectivity index is 2.55. The summed E-state index contributed by atoms with van der Waals surface area (Å²) in [6, 6.07) is 5.00. The number of nitrogens with zero attached hydrogens (tertiary/aromatic N) is 2. The minimum Gasteiger partial charge on any atom is -0.452 e. The molecule has 0 saturated heterocycles. The Labute approximate surface area is 145 Å². The number of nitrogens with one attached hydrogen (secondary N) is 1. The highest BCUT2D eigenvalue weighted by molar-refractivity contribution is 5.92. The van der Waals surface area contributed by atoms with Crippen molar-refractivity contribution in [2.75, 3.05) is 20.2 Å². The van der Waals surface area contributed by atoms with Crippen LogP contribution in [0.5, 0.6) is 0 Å². The number of likely N-dealkylation sites (N-methyl/N-ethyl adjacent to an activating group) is 1. The van der Waals surface area contributed by atoms with E-state index in [0.29, 0.717) is 0 Å². The van der Waals surface area contributed by atoms with Gasteiger partial charge in [0.15, 0.2) is 6.61 Å². The standard InChI is InChI=1S/C16H21N3O6/c1-16(2,3)17-13(20)9-18(4)14(21)10-25-15(22)11-6-5-7-12(8-11)19(23)24/h5-8H,9-10H2,1-4H3,(H,17,20). The molecule has 1 aromatic rings. The van der Waals surface area contributed by atoms with Gasteiger partial charge in [-0.1, -0.05) is 6.07 Å². The second-order valence-electron chi connectivity index (χ2n) is 6.43. The second-order valence-corrected chi connectivity index (χ2v) is 6.43. The minimum atomic E-state index is -0.857. The fraction of sp³-hybridized carbons (Fsp3) is 0.438. The van der Waals surface area contributed by atoms with E-state index >= 15 is 0 Å². The predicted molar refractivity (Wildman–Crippen MR) is 88.9 cm³/mol. The van der Waals surface area contributed by atoms with Crippen molar-refractivity contribution in [2.45, 2.75) is 26.3 Å². The molecule has 0 saturated carbocycles. The molecular formula is C16H21N3O6. The average molecular weight is 351 g/mol. The summed E-state index contributed by atoms with van der Waals surface area (Å²) in [5.41, 5.74) is -0.706. The van der Waals surface area contributed by atoms with Gasteiger partial charge in [-0.2, -0.15) is 0 Å². The lowest BCUT2D eigenvalue weighted by atomic mass is 10.1. The monoisotopic (exact) mass is 351 g/mol. The summed E-state index contributed by atoms with van der Waals surface area (Å²) in [4.78, 5) is 46.7. The number of rotatable bonds is 6. The zero-order valence-electron chi connectivity index (χ0n) is 14.6. The molecule has 0 unspecified atom stereocenters. The highest BCUT2D eigenvalue weighted by atomic mass is 16.6. The normalized spacial score (nSPS) is 10.7. The fourth-order valence-corrected chi connectivity index (χ4v) is 1.83. The first kappa shape index (κ1) is 20.1. The molecule has 0 bridgehead atoms. The van der Waals surface area contributed by atoms with E-state index in [0.717, 1.165) is 11.0 Å². The molecule has 9 heteroatoms. The van der Waals surface area contributed by atoms with Crippen molar-refractivity contribution >= 4 is 23.5 Å². The van der Waals surface area contributed by atoms with Gasteiger partial charge >= 0.3 is 5.97 Å². The number of nitro groups is 1. The van der Waals surface area contributed by atoms with E-state index in [1.165, 1.54) is 25.2 Å². The molecule has 0 aliphatic rings. The summed E-state index contributed by atoms with van der Waals surface area (Å²) in [5.74, 6) is -1.76. The second kappa shape index (κ2) is 8.22. The molecule has 0 aliphatic carbocycles. The van der Waals surface area contributed by atoms with Crippen molar-refractivity contribution < 1.29 is 24.0 Å². The van der Waals surface area contributed by atoms with Crippen molar-refractivity contribution in [2.24, 2.45) is 0 Å². The molecule has 0 atom stereocenters. The van der Waals surface area contributed by atoms with Gasteiger partial charge in [-0.3, -0.25) is 19.7 Å². The lowest BCUT2D eigenvalue weighted by Gasteiger charge is -2.23. The SMILES string of the molecule is CN(CC(=O)NC(C)(C)C)C(=O)COC(=O)c1cccc([N+](=O)[O-])c1. The molecule has 1 aromatic carbocycles. The number of benzene rings is 1. The molecule has 1 rings (SSSR count). The largest absolute Gasteiger partial charge is 0.452 e. The summed E-state index contributed by atoms with van der Waals surface area (Å²) < 4.78 is 4.84. The highest BCUT2D eigenvalue weighted by Crippen LogP contribution is 2.13. The van der Waals surface area contributed by atoms with Crippen LogP contribution in [0.1, 0.15) is 31.1 Å². The first-order valence-electron chi connectivity index (χ1n) is 7.46. The summed E-state index contributed by atoms with van der Waals surface area (Å²) in [6.07, 6.45) is 0. The van der Waals surface area contributed by atoms with Gasteiger partial charge in [0, 0.05) is 24.7 Å². The molecule has 0 aromatic heterocycles. The summed E-state index contributed by atoms with van der Waals surface area (Å²) in [5, 5.41) is 13.4. The topological polar surface area (TPSA) is 119 Å². The van der Waals surface area contributed by atoms with E-state index < -0.39 is 28.9 Å². The zero-order chi connectivity index (χ0) is 19.2. The summed E-state index contributed by atoms with van der Waals surface area (Å²) in [6.45, 7) is 4.69. The molecule has 0 heterocycles. The van der Waals surface area contributed by atoms with Gasteiger partial charge in [-0.15, -0.1) is 0 Å². The van der Waals surface area contributed by atoms with Crippen LogP contribution in [-0.2, 0) is 14.3 Å². The van der Waals surface area contributed by atoms with Gasteiger partial charge in [0.25, 0.3) is 11.6 Å². The van der Waals surface area contributed by atoms with Crippen molar-refractivity contribution in [3.63, 3.8) is 0 Å². The first-order chi connectivity index (χ1) is 11.5. The minimum absolute atomic E-state index is 0.0323. The Morgan fingerprint density at radius 1 is 1.28 bits per heavy atom. The van der Waals surface area contributed by atoms with E-state index in [-0.39, 0.29) is 23.7 Å². The maximum Gasteiger partial charge on any atom is 0.338 e. The molecule has 0 spiro atoms. The van der Waals surface area contributed by atoms with Crippen LogP contribution < -0.4 is 5.32 Å². The number of esters is 1. The molecule has 25 heavy (non-hydrogen) atoms. The van der Waals surface area contributed by atoms with Gasteiger partial charge in [0.05, 0.1) is 17.0 Å². The maximum atomic E-state index is 11.9. The number of hydrogen-bond acceptors (Lipinski definition) is 6. The molecule has 9 nitrogen and oxygen atoms in total. The first-order valence-corrected chi connectivity index (χ1v) is 7.46. The molecule has 0 aliphatic heterocycles. The van der Waals surface area contributed by atoms with E-state index in [4.69, 9.17) is 4.74 Å². The number of hydrogen-bond donors (Lipinski definition) is 1. The van der Waals surface area contributed by atoms with Gasteiger partial charge in [-0.05, 0) is 26.8 Å². The van der Waals surface area contributed by atoms with E-state index in [1.807, 2.05) is 20.8 Å². The Kier molecular flexibility index (Phi) is 6.60. The fourth-order valence-electron chi connectivity index (χ4n) is 1.83. The number of carbonyl (C=O) groups excluding carboxylic acids is 3. The number of nitro benzene ring substituents is 1. The van der Waals surface area contributed by atoms with Gasteiger partial charge in [0.2, 0.25) is 5.91 Å². The summed E-state index contributed by atoms with van der Waals surface area (Å²) >= 11 is 0. The van der Waals surface area contributed by atoms with Gasteiger partial charge in [-0.25, -0.2) is 4.79 Å². The van der Waals surface area contributed by atoms with Crippen LogP contribution in [-0.4, -0.2) is 53.3 Å².